The Morgan fingerprint density at radius 1 is 1.23 bits per heavy atom. The molecular formula is C25H34N4O2. The molecule has 1 N–H and O–H groups in total. The van der Waals surface area contributed by atoms with E-state index in [1.165, 1.54) is 22.9 Å². The maximum absolute atomic E-state index is 11.9. The highest BCUT2D eigenvalue weighted by molar-refractivity contribution is 5.85. The maximum Gasteiger partial charge on any atom is 0.141 e. The lowest BCUT2D eigenvalue weighted by Crippen LogP contribution is -2.58. The van der Waals surface area contributed by atoms with Crippen molar-refractivity contribution in [3.63, 3.8) is 0 Å². The number of nitrogens with zero attached hydrogens (tertiary/aromatic N) is 4. The molecule has 5 rings (SSSR count). The van der Waals surface area contributed by atoms with E-state index in [4.69, 9.17) is 4.74 Å². The molecule has 1 aromatic carbocycles. The number of ether oxygens (including phenoxy) is 1. The molecule has 6 heteroatoms. The van der Waals surface area contributed by atoms with Gasteiger partial charge in [0.25, 0.3) is 0 Å². The van der Waals surface area contributed by atoms with Gasteiger partial charge in [0, 0.05) is 74.6 Å². The minimum atomic E-state index is -0.813. The van der Waals surface area contributed by atoms with Gasteiger partial charge in [-0.2, -0.15) is 0 Å². The van der Waals surface area contributed by atoms with Crippen LogP contribution in [-0.4, -0.2) is 44.3 Å². The molecule has 2 aromatic heterocycles. The summed E-state index contributed by atoms with van der Waals surface area (Å²) >= 11 is 0. The topological polar surface area (TPSA) is 55.5 Å². The van der Waals surface area contributed by atoms with Crippen molar-refractivity contribution in [2.24, 2.45) is 18.9 Å². The first-order chi connectivity index (χ1) is 15.0. The molecule has 1 unspecified atom stereocenters. The number of methoxy groups -OCH3 is 1. The molecule has 3 atom stereocenters. The molecule has 1 saturated heterocycles. The largest absolute Gasteiger partial charge is 0.497 e. The summed E-state index contributed by atoms with van der Waals surface area (Å²) in [7, 11) is 3.73. The molecule has 0 radical (unpaired) electrons. The maximum atomic E-state index is 11.9. The van der Waals surface area contributed by atoms with Crippen LogP contribution < -0.4 is 4.74 Å². The number of hydrogen-bond acceptors (Lipinski definition) is 4. The lowest BCUT2D eigenvalue weighted by atomic mass is 9.65. The zero-order valence-corrected chi connectivity index (χ0v) is 18.9. The zero-order valence-electron chi connectivity index (χ0n) is 18.9. The molecular weight excluding hydrogens is 388 g/mol. The summed E-state index contributed by atoms with van der Waals surface area (Å²) in [5.74, 6) is 2.19. The monoisotopic (exact) mass is 422 g/mol. The van der Waals surface area contributed by atoms with Crippen molar-refractivity contribution in [1.82, 2.24) is 19.0 Å². The summed E-state index contributed by atoms with van der Waals surface area (Å²) in [5, 5.41) is 13.1. The molecule has 31 heavy (non-hydrogen) atoms. The van der Waals surface area contributed by atoms with E-state index in [0.29, 0.717) is 0 Å². The van der Waals surface area contributed by atoms with Crippen LogP contribution in [0, 0.1) is 11.8 Å². The van der Waals surface area contributed by atoms with Gasteiger partial charge in [-0.05, 0) is 43.0 Å². The van der Waals surface area contributed by atoms with Gasteiger partial charge in [-0.15, -0.1) is 0 Å². The van der Waals surface area contributed by atoms with E-state index in [0.717, 1.165) is 57.0 Å². The lowest BCUT2D eigenvalue weighted by molar-refractivity contribution is -0.155. The van der Waals surface area contributed by atoms with Crippen LogP contribution in [0.5, 0.6) is 5.75 Å². The SMILES string of the molecule is CCCn1cc(CN2C[C@H]3CCC[C@@H](C2)C3(O)c2nccn2C)c2cc(OC)ccc21. The van der Waals surface area contributed by atoms with Crippen molar-refractivity contribution in [3.8, 4) is 5.75 Å². The van der Waals surface area contributed by atoms with Gasteiger partial charge >= 0.3 is 0 Å². The van der Waals surface area contributed by atoms with E-state index in [9.17, 15) is 5.11 Å². The predicted molar refractivity (Wildman–Crippen MR) is 122 cm³/mol. The van der Waals surface area contributed by atoms with Gasteiger partial charge in [0.2, 0.25) is 0 Å². The van der Waals surface area contributed by atoms with Crippen LogP contribution in [0.3, 0.4) is 0 Å². The molecule has 0 amide bonds. The molecule has 0 spiro atoms. The second kappa shape index (κ2) is 7.99. The number of hydrogen-bond donors (Lipinski definition) is 1. The molecule has 2 bridgehead atoms. The first-order valence-electron chi connectivity index (χ1n) is 11.6. The Morgan fingerprint density at radius 2 is 2.00 bits per heavy atom. The Balaban J connectivity index is 1.45. The van der Waals surface area contributed by atoms with Crippen molar-refractivity contribution in [3.05, 3.63) is 48.2 Å². The van der Waals surface area contributed by atoms with Crippen LogP contribution in [0.25, 0.3) is 10.9 Å². The van der Waals surface area contributed by atoms with Crippen LogP contribution >= 0.6 is 0 Å². The quantitative estimate of drug-likeness (QED) is 0.654. The molecule has 1 saturated carbocycles. The Bertz CT molecular complexity index is 1050. The van der Waals surface area contributed by atoms with Crippen LogP contribution in [0.1, 0.15) is 44.0 Å². The number of aromatic nitrogens is 3. The molecule has 1 aliphatic carbocycles. The number of piperidine rings is 1. The lowest BCUT2D eigenvalue weighted by Gasteiger charge is -2.52. The molecule has 3 aromatic rings. The third kappa shape index (κ3) is 3.37. The third-order valence-electron chi connectivity index (χ3n) is 7.52. The first-order valence-corrected chi connectivity index (χ1v) is 11.6. The smallest absolute Gasteiger partial charge is 0.141 e. The van der Waals surface area contributed by atoms with Gasteiger partial charge in [-0.3, -0.25) is 4.90 Å². The summed E-state index contributed by atoms with van der Waals surface area (Å²) in [6.45, 7) is 5.96. The molecule has 2 fully saturated rings. The minimum Gasteiger partial charge on any atom is -0.497 e. The highest BCUT2D eigenvalue weighted by Crippen LogP contribution is 2.48. The van der Waals surface area contributed by atoms with E-state index in [1.807, 2.05) is 24.0 Å². The van der Waals surface area contributed by atoms with Crippen molar-refractivity contribution in [2.75, 3.05) is 20.2 Å². The van der Waals surface area contributed by atoms with Crippen molar-refractivity contribution in [2.45, 2.75) is 51.3 Å². The van der Waals surface area contributed by atoms with Crippen LogP contribution in [0.2, 0.25) is 0 Å². The second-order valence-corrected chi connectivity index (χ2v) is 9.44. The highest BCUT2D eigenvalue weighted by Gasteiger charge is 2.53. The number of imidazole rings is 1. The average molecular weight is 423 g/mol. The summed E-state index contributed by atoms with van der Waals surface area (Å²) in [4.78, 5) is 7.12. The average Bonchev–Trinajstić information content (AvgIpc) is 3.33. The summed E-state index contributed by atoms with van der Waals surface area (Å²) < 4.78 is 9.89. The summed E-state index contributed by atoms with van der Waals surface area (Å²) in [6, 6.07) is 6.40. The normalized spacial score (nSPS) is 26.5. The molecule has 2 aliphatic rings. The van der Waals surface area contributed by atoms with E-state index in [1.54, 1.807) is 7.11 Å². The van der Waals surface area contributed by atoms with E-state index < -0.39 is 5.60 Å². The van der Waals surface area contributed by atoms with E-state index >= 15 is 0 Å². The molecule has 6 nitrogen and oxygen atoms in total. The predicted octanol–water partition coefficient (Wildman–Crippen LogP) is 3.91. The second-order valence-electron chi connectivity index (χ2n) is 9.44. The highest BCUT2D eigenvalue weighted by atomic mass is 16.5. The van der Waals surface area contributed by atoms with E-state index in [-0.39, 0.29) is 11.8 Å². The number of benzene rings is 1. The summed E-state index contributed by atoms with van der Waals surface area (Å²) in [5.41, 5.74) is 1.81. The Kier molecular flexibility index (Phi) is 5.30. The number of aryl methyl sites for hydroxylation is 2. The van der Waals surface area contributed by atoms with Crippen LogP contribution in [-0.2, 0) is 25.7 Å². The van der Waals surface area contributed by atoms with Gasteiger partial charge in [0.05, 0.1) is 7.11 Å². The molecule has 166 valence electrons. The summed E-state index contributed by atoms with van der Waals surface area (Å²) in [6.07, 6.45) is 10.5. The van der Waals surface area contributed by atoms with E-state index in [2.05, 4.69) is 45.8 Å². The van der Waals surface area contributed by atoms with Crippen molar-refractivity contribution < 1.29 is 9.84 Å². The number of rotatable bonds is 6. The fourth-order valence-electron chi connectivity index (χ4n) is 6.06. The zero-order chi connectivity index (χ0) is 21.6. The van der Waals surface area contributed by atoms with Crippen LogP contribution in [0.4, 0.5) is 0 Å². The molecule has 3 heterocycles. The Labute approximate surface area is 184 Å². The first kappa shape index (κ1) is 20.6. The Hall–Kier alpha value is -2.31. The van der Waals surface area contributed by atoms with Gasteiger partial charge < -0.3 is 19.0 Å². The van der Waals surface area contributed by atoms with Gasteiger partial charge in [0.15, 0.2) is 0 Å². The number of fused-ring (bicyclic) bond motifs is 3. The van der Waals surface area contributed by atoms with Crippen LogP contribution in [0.15, 0.2) is 36.8 Å². The van der Waals surface area contributed by atoms with Gasteiger partial charge in [0.1, 0.15) is 17.2 Å². The standard InChI is InChI=1S/C25H34N4O2/c1-4-11-29-15-18(22-13-21(31-3)8-9-23(22)29)14-28-16-19-6-5-7-20(17-28)25(19,30)24-26-10-12-27(24)2/h8-10,12-13,15,19-20,30H,4-7,11,14,16-17H2,1-3H3/t19-,20+,25?. The van der Waals surface area contributed by atoms with Gasteiger partial charge in [-0.1, -0.05) is 13.3 Å². The minimum absolute atomic E-state index is 0.222. The Morgan fingerprint density at radius 3 is 2.65 bits per heavy atom. The third-order valence-corrected chi connectivity index (χ3v) is 7.52. The van der Waals surface area contributed by atoms with Crippen molar-refractivity contribution >= 4 is 10.9 Å². The number of aliphatic hydroxyl groups is 1. The van der Waals surface area contributed by atoms with Gasteiger partial charge in [-0.25, -0.2) is 4.98 Å². The molecule has 1 aliphatic heterocycles. The number of likely N-dealkylation sites (tertiary alicyclic amines) is 1. The fraction of sp³-hybridized carbons (Fsp3) is 0.560. The fourth-order valence-corrected chi connectivity index (χ4v) is 6.06. The van der Waals surface area contributed by atoms with Crippen molar-refractivity contribution in [1.29, 1.82) is 0 Å².